The molecule has 152 valence electrons. The van der Waals surface area contributed by atoms with Gasteiger partial charge in [0.15, 0.2) is 11.5 Å². The Labute approximate surface area is 166 Å². The molecular formula is C20H26N2O5S. The monoisotopic (exact) mass is 406 g/mol. The molecule has 1 N–H and O–H groups in total. The van der Waals surface area contributed by atoms with Gasteiger partial charge >= 0.3 is 0 Å². The molecule has 0 atom stereocenters. The number of hydrogen-bond donors (Lipinski definition) is 1. The molecule has 0 aliphatic carbocycles. The van der Waals surface area contributed by atoms with Gasteiger partial charge in [-0.15, -0.1) is 0 Å². The fourth-order valence-corrected chi connectivity index (χ4v) is 3.13. The van der Waals surface area contributed by atoms with Crippen molar-refractivity contribution in [3.05, 3.63) is 48.0 Å². The molecule has 0 amide bonds. The van der Waals surface area contributed by atoms with E-state index in [1.54, 1.807) is 37.4 Å². The average molecular weight is 407 g/mol. The summed E-state index contributed by atoms with van der Waals surface area (Å²) in [5.41, 5.74) is 0.608. The fraction of sp³-hybridized carbons (Fsp3) is 0.350. The number of nitrogens with one attached hydrogen (secondary N) is 1. The van der Waals surface area contributed by atoms with Crippen LogP contribution < -0.4 is 19.0 Å². The summed E-state index contributed by atoms with van der Waals surface area (Å²) in [6.07, 6.45) is 2.23. The average Bonchev–Trinajstić information content (AvgIpc) is 2.66. The van der Waals surface area contributed by atoms with E-state index in [1.165, 1.54) is 18.3 Å². The van der Waals surface area contributed by atoms with Crippen LogP contribution in [0.3, 0.4) is 0 Å². The SMILES string of the molecule is CCCOc1c(/C=N/NS(=O)(=O)c2ccc(OC(C)C)cc2)cccc1OC. The van der Waals surface area contributed by atoms with Crippen molar-refractivity contribution in [3.63, 3.8) is 0 Å². The first kappa shape index (κ1) is 21.6. The second-order valence-corrected chi connectivity index (χ2v) is 7.88. The summed E-state index contributed by atoms with van der Waals surface area (Å²) in [6.45, 7) is 6.31. The molecule has 2 rings (SSSR count). The molecule has 8 heteroatoms. The maximum Gasteiger partial charge on any atom is 0.276 e. The molecule has 0 bridgehead atoms. The summed E-state index contributed by atoms with van der Waals surface area (Å²) >= 11 is 0. The Morgan fingerprint density at radius 2 is 1.86 bits per heavy atom. The van der Waals surface area contributed by atoms with Crippen LogP contribution in [0.1, 0.15) is 32.8 Å². The van der Waals surface area contributed by atoms with Gasteiger partial charge in [0.25, 0.3) is 10.0 Å². The molecule has 28 heavy (non-hydrogen) atoms. The van der Waals surface area contributed by atoms with Crippen molar-refractivity contribution in [1.29, 1.82) is 0 Å². The molecule has 2 aromatic carbocycles. The van der Waals surface area contributed by atoms with Crippen LogP contribution in [0, 0.1) is 0 Å². The molecule has 0 aliphatic heterocycles. The smallest absolute Gasteiger partial charge is 0.276 e. The van der Waals surface area contributed by atoms with Crippen LogP contribution >= 0.6 is 0 Å². The Balaban J connectivity index is 2.15. The van der Waals surface area contributed by atoms with E-state index in [-0.39, 0.29) is 11.0 Å². The zero-order valence-corrected chi connectivity index (χ0v) is 17.3. The lowest BCUT2D eigenvalue weighted by atomic mass is 10.2. The van der Waals surface area contributed by atoms with Crippen LogP contribution in [0.15, 0.2) is 52.5 Å². The van der Waals surface area contributed by atoms with Crippen molar-refractivity contribution >= 4 is 16.2 Å². The first-order valence-electron chi connectivity index (χ1n) is 8.98. The van der Waals surface area contributed by atoms with E-state index in [0.717, 1.165) is 6.42 Å². The molecule has 0 heterocycles. The highest BCUT2D eigenvalue weighted by Gasteiger charge is 2.14. The molecule has 0 fully saturated rings. The van der Waals surface area contributed by atoms with Crippen molar-refractivity contribution in [2.24, 2.45) is 5.10 Å². The highest BCUT2D eigenvalue weighted by molar-refractivity contribution is 7.89. The van der Waals surface area contributed by atoms with Gasteiger partial charge in [0, 0.05) is 5.56 Å². The van der Waals surface area contributed by atoms with Gasteiger partial charge in [0.05, 0.1) is 30.9 Å². The maximum absolute atomic E-state index is 12.4. The summed E-state index contributed by atoms with van der Waals surface area (Å²) in [6, 6.07) is 11.5. The van der Waals surface area contributed by atoms with Crippen LogP contribution in [0.4, 0.5) is 0 Å². The van der Waals surface area contributed by atoms with Crippen LogP contribution in [0.25, 0.3) is 0 Å². The van der Waals surface area contributed by atoms with E-state index in [1.807, 2.05) is 20.8 Å². The molecule has 0 radical (unpaired) electrons. The molecule has 0 unspecified atom stereocenters. The molecule has 7 nitrogen and oxygen atoms in total. The summed E-state index contributed by atoms with van der Waals surface area (Å²) < 4.78 is 41.4. The summed E-state index contributed by atoms with van der Waals surface area (Å²) in [5, 5.41) is 3.87. The van der Waals surface area contributed by atoms with Crippen molar-refractivity contribution < 1.29 is 22.6 Å². The zero-order valence-electron chi connectivity index (χ0n) is 16.5. The standard InChI is InChI=1S/C20H26N2O5S/c1-5-13-26-20-16(7-6-8-19(20)25-4)14-21-22-28(23,24)18-11-9-17(10-12-18)27-15(2)3/h6-12,14-15,22H,5,13H2,1-4H3/b21-14+. The molecule has 0 aliphatic rings. The maximum atomic E-state index is 12.4. The summed E-state index contributed by atoms with van der Waals surface area (Å²) in [4.78, 5) is 2.30. The van der Waals surface area contributed by atoms with Gasteiger partial charge in [-0.05, 0) is 56.7 Å². The van der Waals surface area contributed by atoms with Crippen LogP contribution in [0.5, 0.6) is 17.2 Å². The van der Waals surface area contributed by atoms with Crippen molar-refractivity contribution in [2.45, 2.75) is 38.2 Å². The molecule has 0 saturated carbocycles. The predicted molar refractivity (Wildman–Crippen MR) is 109 cm³/mol. The van der Waals surface area contributed by atoms with Crippen LogP contribution in [-0.2, 0) is 10.0 Å². The lowest BCUT2D eigenvalue weighted by Crippen LogP contribution is -2.18. The number of hydrogen-bond acceptors (Lipinski definition) is 6. The quantitative estimate of drug-likeness (QED) is 0.481. The van der Waals surface area contributed by atoms with Gasteiger partial charge in [-0.25, -0.2) is 4.83 Å². The van der Waals surface area contributed by atoms with Crippen LogP contribution in [-0.4, -0.2) is 34.5 Å². The van der Waals surface area contributed by atoms with Gasteiger partial charge in [0.1, 0.15) is 5.75 Å². The van der Waals surface area contributed by atoms with E-state index >= 15 is 0 Å². The summed E-state index contributed by atoms with van der Waals surface area (Å²) in [5.74, 6) is 1.68. The van der Waals surface area contributed by atoms with Gasteiger partial charge in [0.2, 0.25) is 0 Å². The van der Waals surface area contributed by atoms with Crippen molar-refractivity contribution in [2.75, 3.05) is 13.7 Å². The first-order valence-corrected chi connectivity index (χ1v) is 10.5. The van der Waals surface area contributed by atoms with Gasteiger partial charge in [-0.2, -0.15) is 13.5 Å². The van der Waals surface area contributed by atoms with Crippen molar-refractivity contribution in [3.8, 4) is 17.2 Å². The van der Waals surface area contributed by atoms with E-state index in [4.69, 9.17) is 14.2 Å². The number of hydrazone groups is 1. The van der Waals surface area contributed by atoms with Crippen LogP contribution in [0.2, 0.25) is 0 Å². The Hall–Kier alpha value is -2.74. The predicted octanol–water partition coefficient (Wildman–Crippen LogP) is 3.58. The largest absolute Gasteiger partial charge is 0.493 e. The lowest BCUT2D eigenvalue weighted by Gasteiger charge is -2.12. The van der Waals surface area contributed by atoms with Crippen molar-refractivity contribution in [1.82, 2.24) is 4.83 Å². The number of ether oxygens (including phenoxy) is 3. The minimum Gasteiger partial charge on any atom is -0.493 e. The Morgan fingerprint density at radius 3 is 2.46 bits per heavy atom. The van der Waals surface area contributed by atoms with E-state index in [2.05, 4.69) is 9.93 Å². The van der Waals surface area contributed by atoms with Gasteiger partial charge in [-0.3, -0.25) is 0 Å². The minimum absolute atomic E-state index is 0.0113. The number of nitrogens with zero attached hydrogens (tertiary/aromatic N) is 1. The number of rotatable bonds is 10. The zero-order chi connectivity index (χ0) is 20.6. The Morgan fingerprint density at radius 1 is 1.14 bits per heavy atom. The third kappa shape index (κ3) is 5.88. The van der Waals surface area contributed by atoms with Gasteiger partial charge < -0.3 is 14.2 Å². The number of sulfonamides is 1. The Kier molecular flexibility index (Phi) is 7.69. The van der Waals surface area contributed by atoms with E-state index < -0.39 is 10.0 Å². The molecule has 0 aromatic heterocycles. The topological polar surface area (TPSA) is 86.2 Å². The molecular weight excluding hydrogens is 380 g/mol. The second kappa shape index (κ2) is 9.98. The molecule has 0 spiro atoms. The third-order valence-electron chi connectivity index (χ3n) is 3.56. The number of para-hydroxylation sites is 1. The fourth-order valence-electron chi connectivity index (χ4n) is 2.34. The molecule has 0 saturated heterocycles. The Bertz CT molecular complexity index is 893. The first-order chi connectivity index (χ1) is 13.4. The summed E-state index contributed by atoms with van der Waals surface area (Å²) in [7, 11) is -2.25. The van der Waals surface area contributed by atoms with Gasteiger partial charge in [-0.1, -0.05) is 13.0 Å². The van der Waals surface area contributed by atoms with E-state index in [0.29, 0.717) is 29.4 Å². The highest BCUT2D eigenvalue weighted by Crippen LogP contribution is 2.30. The molecule has 2 aromatic rings. The third-order valence-corrected chi connectivity index (χ3v) is 4.80. The lowest BCUT2D eigenvalue weighted by molar-refractivity contribution is 0.242. The second-order valence-electron chi connectivity index (χ2n) is 6.22. The minimum atomic E-state index is -3.80. The number of benzene rings is 2. The van der Waals surface area contributed by atoms with E-state index in [9.17, 15) is 8.42 Å². The highest BCUT2D eigenvalue weighted by atomic mass is 32.2. The normalized spacial score (nSPS) is 11.6. The number of methoxy groups -OCH3 is 1.